The van der Waals surface area contributed by atoms with Gasteiger partial charge in [0, 0.05) is 0 Å². The molecule has 5 nitrogen and oxygen atoms in total. The molecule has 1 aliphatic carbocycles. The van der Waals surface area contributed by atoms with Crippen LogP contribution in [0.4, 0.5) is 10.1 Å². The maximum Gasteiger partial charge on any atom is 0.340 e. The Morgan fingerprint density at radius 1 is 1.44 bits per heavy atom. The first-order chi connectivity index (χ1) is 8.31. The van der Waals surface area contributed by atoms with Crippen molar-refractivity contribution in [2.75, 3.05) is 4.72 Å². The van der Waals surface area contributed by atoms with Crippen molar-refractivity contribution in [1.29, 1.82) is 0 Å². The molecule has 1 fully saturated rings. The van der Waals surface area contributed by atoms with Gasteiger partial charge in [0.15, 0.2) is 0 Å². The van der Waals surface area contributed by atoms with Gasteiger partial charge < -0.3 is 5.11 Å². The van der Waals surface area contributed by atoms with E-state index >= 15 is 0 Å². The van der Waals surface area contributed by atoms with Gasteiger partial charge in [0.1, 0.15) is 11.4 Å². The Labute approximate surface area is 104 Å². The van der Waals surface area contributed by atoms with Gasteiger partial charge in [-0.25, -0.2) is 17.6 Å². The van der Waals surface area contributed by atoms with Gasteiger partial charge in [0.05, 0.1) is 10.9 Å². The Hall–Kier alpha value is -1.63. The van der Waals surface area contributed by atoms with Crippen molar-refractivity contribution in [3.8, 4) is 0 Å². The Kier molecular flexibility index (Phi) is 3.02. The Balaban J connectivity index is 2.46. The van der Waals surface area contributed by atoms with E-state index in [1.165, 1.54) is 6.07 Å². The summed E-state index contributed by atoms with van der Waals surface area (Å²) in [6.45, 7) is 1.56. The number of sulfonamides is 1. The number of benzene rings is 1. The van der Waals surface area contributed by atoms with Gasteiger partial charge in [-0.3, -0.25) is 4.72 Å². The minimum absolute atomic E-state index is 0.216. The Bertz CT molecular complexity index is 608. The van der Waals surface area contributed by atoms with Crippen LogP contribution >= 0.6 is 0 Å². The van der Waals surface area contributed by atoms with E-state index in [9.17, 15) is 17.6 Å². The van der Waals surface area contributed by atoms with Crippen LogP contribution in [0.3, 0.4) is 0 Å². The normalized spacial score (nSPS) is 15.4. The molecule has 0 heterocycles. The second-order valence-electron chi connectivity index (χ2n) is 4.32. The molecule has 0 saturated heterocycles. The second kappa shape index (κ2) is 4.24. The average molecular weight is 273 g/mol. The first kappa shape index (κ1) is 12.8. The Morgan fingerprint density at radius 3 is 2.56 bits per heavy atom. The zero-order valence-electron chi connectivity index (χ0n) is 9.60. The van der Waals surface area contributed by atoms with Gasteiger partial charge in [-0.2, -0.15) is 0 Å². The van der Waals surface area contributed by atoms with Crippen LogP contribution in [0.5, 0.6) is 0 Å². The highest BCUT2D eigenvalue weighted by Gasteiger charge is 2.36. The fourth-order valence-corrected chi connectivity index (χ4v) is 3.05. The molecule has 0 radical (unpaired) electrons. The number of aromatic carboxylic acids is 1. The lowest BCUT2D eigenvalue weighted by atomic mass is 10.1. The van der Waals surface area contributed by atoms with Gasteiger partial charge in [0.25, 0.3) is 0 Å². The third kappa shape index (κ3) is 2.45. The zero-order valence-corrected chi connectivity index (χ0v) is 10.4. The number of hydrogen-bond acceptors (Lipinski definition) is 3. The third-order valence-corrected chi connectivity index (χ3v) is 4.52. The van der Waals surface area contributed by atoms with Crippen molar-refractivity contribution in [3.63, 3.8) is 0 Å². The molecular formula is C11H12FNO4S. The molecule has 7 heteroatoms. The van der Waals surface area contributed by atoms with E-state index < -0.39 is 32.6 Å². The molecule has 0 bridgehead atoms. The molecule has 0 atom stereocenters. The number of carboxylic acids is 1. The number of hydrogen-bond donors (Lipinski definition) is 2. The lowest BCUT2D eigenvalue weighted by Gasteiger charge is -2.11. The van der Waals surface area contributed by atoms with Crippen molar-refractivity contribution >= 4 is 21.7 Å². The highest BCUT2D eigenvalue weighted by atomic mass is 32.2. The highest BCUT2D eigenvalue weighted by molar-refractivity contribution is 7.93. The number of carbonyl (C=O) groups is 1. The van der Waals surface area contributed by atoms with Crippen LogP contribution in [0.25, 0.3) is 0 Å². The van der Waals surface area contributed by atoms with Crippen molar-refractivity contribution in [2.45, 2.75) is 25.0 Å². The minimum atomic E-state index is -3.61. The summed E-state index contributed by atoms with van der Waals surface area (Å²) in [6.07, 6.45) is 1.10. The molecule has 18 heavy (non-hydrogen) atoms. The van der Waals surface area contributed by atoms with Gasteiger partial charge >= 0.3 is 5.97 Å². The lowest BCUT2D eigenvalue weighted by Crippen LogP contribution is -2.20. The molecule has 1 saturated carbocycles. The molecular weight excluding hydrogens is 261 g/mol. The van der Waals surface area contributed by atoms with Crippen molar-refractivity contribution in [1.82, 2.24) is 0 Å². The van der Waals surface area contributed by atoms with Crippen LogP contribution in [0, 0.1) is 12.7 Å². The molecule has 0 spiro atoms. The molecule has 0 unspecified atom stereocenters. The molecule has 0 aromatic heterocycles. The van der Waals surface area contributed by atoms with Crippen LogP contribution in [0.2, 0.25) is 0 Å². The molecule has 0 amide bonds. The smallest absolute Gasteiger partial charge is 0.340 e. The number of nitrogens with one attached hydrogen (secondary N) is 1. The fraction of sp³-hybridized carbons (Fsp3) is 0.364. The maximum absolute atomic E-state index is 13.5. The maximum atomic E-state index is 13.5. The number of anilines is 1. The first-order valence-electron chi connectivity index (χ1n) is 5.36. The molecule has 2 N–H and O–H groups in total. The predicted molar refractivity (Wildman–Crippen MR) is 63.7 cm³/mol. The average Bonchev–Trinajstić information content (AvgIpc) is 2.96. The highest BCUT2D eigenvalue weighted by Crippen LogP contribution is 2.31. The Morgan fingerprint density at radius 2 is 2.06 bits per heavy atom. The number of rotatable bonds is 4. The number of halogens is 1. The van der Waals surface area contributed by atoms with Crippen molar-refractivity contribution in [2.24, 2.45) is 0 Å². The number of aryl methyl sites for hydroxylation is 1. The van der Waals surface area contributed by atoms with E-state index in [2.05, 4.69) is 4.72 Å². The minimum Gasteiger partial charge on any atom is -0.478 e. The summed E-state index contributed by atoms with van der Waals surface area (Å²) in [6, 6.07) is 2.37. The third-order valence-electron chi connectivity index (χ3n) is 2.66. The van der Waals surface area contributed by atoms with E-state index in [0.29, 0.717) is 18.4 Å². The van der Waals surface area contributed by atoms with Gasteiger partial charge in [-0.05, 0) is 37.5 Å². The van der Waals surface area contributed by atoms with Crippen LogP contribution in [-0.4, -0.2) is 24.7 Å². The topological polar surface area (TPSA) is 83.5 Å². The molecule has 98 valence electrons. The number of carboxylic acid groups (broad SMARTS) is 1. The van der Waals surface area contributed by atoms with Crippen LogP contribution in [0.1, 0.15) is 28.8 Å². The summed E-state index contributed by atoms with van der Waals surface area (Å²) in [5.74, 6) is -2.45. The first-order valence-corrected chi connectivity index (χ1v) is 6.91. The summed E-state index contributed by atoms with van der Waals surface area (Å²) in [7, 11) is -3.61. The second-order valence-corrected chi connectivity index (χ2v) is 6.28. The summed E-state index contributed by atoms with van der Waals surface area (Å²) in [5.41, 5.74) is -0.414. The van der Waals surface area contributed by atoms with Crippen LogP contribution < -0.4 is 4.72 Å². The molecule has 1 aliphatic rings. The molecule has 0 aliphatic heterocycles. The largest absolute Gasteiger partial charge is 0.478 e. The summed E-state index contributed by atoms with van der Waals surface area (Å²) >= 11 is 0. The molecule has 1 aromatic carbocycles. The summed E-state index contributed by atoms with van der Waals surface area (Å²) < 4.78 is 39.2. The summed E-state index contributed by atoms with van der Waals surface area (Å²) in [4.78, 5) is 11.0. The van der Waals surface area contributed by atoms with Crippen LogP contribution in [-0.2, 0) is 10.0 Å². The summed E-state index contributed by atoms with van der Waals surface area (Å²) in [5, 5.41) is 8.42. The van der Waals surface area contributed by atoms with Crippen molar-refractivity contribution < 1.29 is 22.7 Å². The van der Waals surface area contributed by atoms with Gasteiger partial charge in [0.2, 0.25) is 10.0 Å². The monoisotopic (exact) mass is 273 g/mol. The van der Waals surface area contributed by atoms with E-state index in [1.54, 1.807) is 6.92 Å². The van der Waals surface area contributed by atoms with Crippen LogP contribution in [0.15, 0.2) is 12.1 Å². The van der Waals surface area contributed by atoms with Gasteiger partial charge in [-0.1, -0.05) is 0 Å². The van der Waals surface area contributed by atoms with E-state index in [1.807, 2.05) is 0 Å². The molecule has 1 aromatic rings. The molecule has 2 rings (SSSR count). The van der Waals surface area contributed by atoms with E-state index in [4.69, 9.17) is 5.11 Å². The fourth-order valence-electron chi connectivity index (χ4n) is 1.66. The SMILES string of the molecule is Cc1cc(F)c(C(=O)O)c(NS(=O)(=O)C2CC2)c1. The van der Waals surface area contributed by atoms with E-state index in [-0.39, 0.29) is 5.69 Å². The van der Waals surface area contributed by atoms with Gasteiger partial charge in [-0.15, -0.1) is 0 Å². The quantitative estimate of drug-likeness (QED) is 0.875. The van der Waals surface area contributed by atoms with E-state index in [0.717, 1.165) is 6.07 Å². The predicted octanol–water partition coefficient (Wildman–Crippen LogP) is 1.74. The van der Waals surface area contributed by atoms with Crippen molar-refractivity contribution in [3.05, 3.63) is 29.1 Å². The standard InChI is InChI=1S/C11H12FNO4S/c1-6-4-8(12)10(11(14)15)9(5-6)13-18(16,17)7-2-3-7/h4-5,7,13H,2-3H2,1H3,(H,14,15). The lowest BCUT2D eigenvalue weighted by molar-refractivity contribution is 0.0693. The zero-order chi connectivity index (χ0) is 13.5.